The quantitative estimate of drug-likeness (QED) is 0.480. The average molecular weight is 508 g/mol. The molecular weight excluding hydrogens is 491 g/mol. The standard InChI is InChI=1S/C19H16F7NO3S.ClH/c20-14-5-7-15(8-6-14)31(29,30)16(9-10-27-11-16)12-1-3-13(4-2-12)17(28,18(21,22)23)19(24,25)26;/h1-8,27-28H,9-11H2;1H/t16-;/m1./s1. The van der Waals surface area contributed by atoms with Crippen molar-refractivity contribution in [3.05, 3.63) is 65.5 Å². The van der Waals surface area contributed by atoms with Crippen LogP contribution in [-0.2, 0) is 20.2 Å². The molecule has 1 saturated heterocycles. The third-order valence-corrected chi connectivity index (χ3v) is 7.91. The van der Waals surface area contributed by atoms with Gasteiger partial charge in [0.2, 0.25) is 0 Å². The smallest absolute Gasteiger partial charge is 0.369 e. The maximum absolute atomic E-state index is 13.3. The summed E-state index contributed by atoms with van der Waals surface area (Å²) in [7, 11) is -4.21. The molecule has 32 heavy (non-hydrogen) atoms. The minimum Gasteiger partial charge on any atom is -0.369 e. The Balaban J connectivity index is 0.00000363. The molecule has 1 fully saturated rings. The highest BCUT2D eigenvalue weighted by molar-refractivity contribution is 7.92. The lowest BCUT2D eigenvalue weighted by molar-refractivity contribution is -0.376. The van der Waals surface area contributed by atoms with E-state index < -0.39 is 43.9 Å². The van der Waals surface area contributed by atoms with Crippen molar-refractivity contribution in [1.82, 2.24) is 5.32 Å². The first-order valence-electron chi connectivity index (χ1n) is 8.85. The van der Waals surface area contributed by atoms with Crippen LogP contribution >= 0.6 is 12.4 Å². The molecule has 1 aliphatic rings. The fourth-order valence-corrected chi connectivity index (χ4v) is 5.70. The Morgan fingerprint density at radius 2 is 1.38 bits per heavy atom. The summed E-state index contributed by atoms with van der Waals surface area (Å²) in [5.74, 6) is -0.680. The number of rotatable bonds is 4. The van der Waals surface area contributed by atoms with Crippen molar-refractivity contribution in [3.8, 4) is 0 Å². The number of nitrogens with one attached hydrogen (secondary N) is 1. The van der Waals surface area contributed by atoms with Crippen LogP contribution in [0.25, 0.3) is 0 Å². The van der Waals surface area contributed by atoms with Crippen LogP contribution in [0, 0.1) is 5.82 Å². The van der Waals surface area contributed by atoms with E-state index >= 15 is 0 Å². The fourth-order valence-electron chi connectivity index (χ4n) is 3.64. The lowest BCUT2D eigenvalue weighted by Crippen LogP contribution is -2.54. The zero-order valence-electron chi connectivity index (χ0n) is 16.0. The van der Waals surface area contributed by atoms with Gasteiger partial charge in [-0.2, -0.15) is 26.3 Å². The SMILES string of the molecule is Cl.O=S(=O)(c1ccc(F)cc1)[C@]1(c2ccc(C(O)(C(F)(F)F)C(F)(F)F)cc2)CCNC1. The van der Waals surface area contributed by atoms with Crippen molar-refractivity contribution < 1.29 is 44.3 Å². The number of hydrogen-bond acceptors (Lipinski definition) is 4. The molecule has 1 heterocycles. The summed E-state index contributed by atoms with van der Waals surface area (Å²) < 4.78 is 117. The highest BCUT2D eigenvalue weighted by Crippen LogP contribution is 2.50. The van der Waals surface area contributed by atoms with E-state index in [1.807, 2.05) is 0 Å². The minimum absolute atomic E-state index is 0. The highest BCUT2D eigenvalue weighted by Gasteiger charge is 2.71. The second kappa shape index (κ2) is 8.47. The van der Waals surface area contributed by atoms with Crippen LogP contribution in [-0.4, -0.2) is 39.0 Å². The first kappa shape index (κ1) is 26.4. The molecular formula is C19H17ClF7NO3S. The van der Waals surface area contributed by atoms with Crippen molar-refractivity contribution in [1.29, 1.82) is 0 Å². The Hall–Kier alpha value is -1.89. The predicted molar refractivity (Wildman–Crippen MR) is 102 cm³/mol. The summed E-state index contributed by atoms with van der Waals surface area (Å²) in [6.07, 6.45) is -12.1. The topological polar surface area (TPSA) is 66.4 Å². The Kier molecular flexibility index (Phi) is 6.98. The van der Waals surface area contributed by atoms with E-state index in [1.165, 1.54) is 0 Å². The van der Waals surface area contributed by atoms with Gasteiger partial charge in [-0.05, 0) is 42.8 Å². The van der Waals surface area contributed by atoms with Crippen LogP contribution in [0.1, 0.15) is 17.5 Å². The first-order chi connectivity index (χ1) is 14.2. The van der Waals surface area contributed by atoms with Gasteiger partial charge in [0.1, 0.15) is 10.6 Å². The zero-order chi connectivity index (χ0) is 23.3. The molecule has 4 nitrogen and oxygen atoms in total. The number of alkyl halides is 6. The molecule has 2 aromatic rings. The normalized spacial score (nSPS) is 20.1. The van der Waals surface area contributed by atoms with Gasteiger partial charge in [0.15, 0.2) is 9.84 Å². The van der Waals surface area contributed by atoms with Crippen molar-refractivity contribution in [2.45, 2.75) is 34.0 Å². The molecule has 0 bridgehead atoms. The molecule has 13 heteroatoms. The molecule has 0 aliphatic carbocycles. The van der Waals surface area contributed by atoms with Crippen LogP contribution in [0.2, 0.25) is 0 Å². The molecule has 0 saturated carbocycles. The zero-order valence-corrected chi connectivity index (χ0v) is 17.6. The van der Waals surface area contributed by atoms with E-state index in [9.17, 15) is 44.3 Å². The number of aliphatic hydroxyl groups is 1. The molecule has 2 N–H and O–H groups in total. The summed E-state index contributed by atoms with van der Waals surface area (Å²) in [6.45, 7) is 0.0616. The maximum atomic E-state index is 13.3. The number of benzene rings is 2. The van der Waals surface area contributed by atoms with Gasteiger partial charge in [-0.1, -0.05) is 24.3 Å². The monoisotopic (exact) mass is 507 g/mol. The first-order valence-corrected chi connectivity index (χ1v) is 10.3. The van der Waals surface area contributed by atoms with Gasteiger partial charge in [-0.3, -0.25) is 0 Å². The summed E-state index contributed by atoms with van der Waals surface area (Å²) in [5.41, 5.74) is -6.66. The van der Waals surface area contributed by atoms with Gasteiger partial charge in [-0.15, -0.1) is 12.4 Å². The largest absolute Gasteiger partial charge is 0.430 e. The molecule has 0 unspecified atom stereocenters. The average Bonchev–Trinajstić information content (AvgIpc) is 3.18. The number of halogens is 8. The summed E-state index contributed by atoms with van der Waals surface area (Å²) in [4.78, 5) is -0.247. The molecule has 2 aromatic carbocycles. The van der Waals surface area contributed by atoms with Crippen LogP contribution in [0.15, 0.2) is 53.4 Å². The van der Waals surface area contributed by atoms with Crippen LogP contribution in [0.3, 0.4) is 0 Å². The Labute approximate surface area is 184 Å². The number of hydrogen-bond donors (Lipinski definition) is 2. The maximum Gasteiger partial charge on any atom is 0.430 e. The van der Waals surface area contributed by atoms with Gasteiger partial charge in [0, 0.05) is 12.1 Å². The third-order valence-electron chi connectivity index (χ3n) is 5.40. The van der Waals surface area contributed by atoms with Crippen molar-refractivity contribution in [2.75, 3.05) is 13.1 Å². The summed E-state index contributed by atoms with van der Waals surface area (Å²) in [6, 6.07) is 6.40. The van der Waals surface area contributed by atoms with E-state index in [4.69, 9.17) is 0 Å². The Morgan fingerprint density at radius 3 is 1.78 bits per heavy atom. The second-order valence-electron chi connectivity index (χ2n) is 7.16. The van der Waals surface area contributed by atoms with Gasteiger partial charge in [0.05, 0.1) is 4.90 Å². The Morgan fingerprint density at radius 1 is 0.875 bits per heavy atom. The molecule has 0 aromatic heterocycles. The van der Waals surface area contributed by atoms with Crippen LogP contribution < -0.4 is 5.32 Å². The number of sulfone groups is 1. The molecule has 178 valence electrons. The van der Waals surface area contributed by atoms with Crippen molar-refractivity contribution in [3.63, 3.8) is 0 Å². The second-order valence-corrected chi connectivity index (χ2v) is 9.42. The van der Waals surface area contributed by atoms with E-state index in [0.29, 0.717) is 12.1 Å². The van der Waals surface area contributed by atoms with E-state index in [-0.39, 0.29) is 42.4 Å². The van der Waals surface area contributed by atoms with Crippen molar-refractivity contribution >= 4 is 22.2 Å². The summed E-state index contributed by atoms with van der Waals surface area (Å²) in [5, 5.41) is 12.4. The molecule has 1 atom stereocenters. The lowest BCUT2D eigenvalue weighted by Gasteiger charge is -2.33. The van der Waals surface area contributed by atoms with E-state index in [2.05, 4.69) is 5.32 Å². The van der Waals surface area contributed by atoms with Gasteiger partial charge < -0.3 is 10.4 Å². The minimum atomic E-state index is -6.06. The third kappa shape index (κ3) is 3.97. The van der Waals surface area contributed by atoms with Gasteiger partial charge in [0.25, 0.3) is 5.60 Å². The predicted octanol–water partition coefficient (Wildman–Crippen LogP) is 4.22. The van der Waals surface area contributed by atoms with Crippen LogP contribution in [0.4, 0.5) is 30.7 Å². The van der Waals surface area contributed by atoms with Gasteiger partial charge >= 0.3 is 12.4 Å². The highest BCUT2D eigenvalue weighted by atomic mass is 35.5. The molecule has 0 radical (unpaired) electrons. The van der Waals surface area contributed by atoms with E-state index in [0.717, 1.165) is 36.4 Å². The molecule has 1 aliphatic heterocycles. The summed E-state index contributed by atoms with van der Waals surface area (Å²) >= 11 is 0. The van der Waals surface area contributed by atoms with E-state index in [1.54, 1.807) is 0 Å². The van der Waals surface area contributed by atoms with Crippen LogP contribution in [0.5, 0.6) is 0 Å². The molecule has 0 spiro atoms. The van der Waals surface area contributed by atoms with Gasteiger partial charge in [-0.25, -0.2) is 12.8 Å². The fraction of sp³-hybridized carbons (Fsp3) is 0.368. The van der Waals surface area contributed by atoms with Crippen molar-refractivity contribution in [2.24, 2.45) is 0 Å². The molecule has 0 amide bonds. The molecule has 3 rings (SSSR count). The Bertz CT molecular complexity index is 1030. The lowest BCUT2D eigenvalue weighted by atomic mass is 9.89.